The number of halogens is 3. The number of alkyl halides is 2. The van der Waals surface area contributed by atoms with E-state index < -0.39 is 18.9 Å². The van der Waals surface area contributed by atoms with Gasteiger partial charge < -0.3 is 5.73 Å². The molecule has 0 amide bonds. The summed E-state index contributed by atoms with van der Waals surface area (Å²) in [6.07, 6.45) is -2.58. The zero-order chi connectivity index (χ0) is 11.0. The Labute approximate surface area is 83.3 Å². The Morgan fingerprint density at radius 3 is 2.80 bits per heavy atom. The van der Waals surface area contributed by atoms with Gasteiger partial charge in [-0.2, -0.15) is 4.39 Å². The SMILES string of the molecule is Nc1cccc2c1c(F)nn2CC(F)F. The van der Waals surface area contributed by atoms with Crippen molar-refractivity contribution in [2.75, 3.05) is 5.73 Å². The van der Waals surface area contributed by atoms with Gasteiger partial charge in [0.05, 0.1) is 10.9 Å². The van der Waals surface area contributed by atoms with Crippen LogP contribution in [0.4, 0.5) is 18.9 Å². The summed E-state index contributed by atoms with van der Waals surface area (Å²) < 4.78 is 38.5. The number of nitrogens with zero attached hydrogens (tertiary/aromatic N) is 2. The number of benzene rings is 1. The van der Waals surface area contributed by atoms with Gasteiger partial charge in [-0.1, -0.05) is 6.07 Å². The monoisotopic (exact) mass is 215 g/mol. The van der Waals surface area contributed by atoms with Gasteiger partial charge in [0.2, 0.25) is 5.95 Å². The fraction of sp³-hybridized carbons (Fsp3) is 0.222. The molecule has 0 atom stereocenters. The average Bonchev–Trinajstić information content (AvgIpc) is 2.44. The second-order valence-corrected chi connectivity index (χ2v) is 3.11. The van der Waals surface area contributed by atoms with Crippen LogP contribution in [0.3, 0.4) is 0 Å². The van der Waals surface area contributed by atoms with Crippen LogP contribution < -0.4 is 5.73 Å². The van der Waals surface area contributed by atoms with Gasteiger partial charge in [-0.25, -0.2) is 8.78 Å². The molecule has 0 aliphatic heterocycles. The summed E-state index contributed by atoms with van der Waals surface area (Å²) in [6, 6.07) is 4.57. The first-order valence-corrected chi connectivity index (χ1v) is 4.28. The van der Waals surface area contributed by atoms with Crippen LogP contribution in [0.1, 0.15) is 0 Å². The third-order valence-corrected chi connectivity index (χ3v) is 2.08. The Balaban J connectivity index is 2.63. The summed E-state index contributed by atoms with van der Waals surface area (Å²) in [5.41, 5.74) is 6.00. The van der Waals surface area contributed by atoms with Gasteiger partial charge in [-0.3, -0.25) is 4.68 Å². The highest BCUT2D eigenvalue weighted by Gasteiger charge is 2.14. The normalized spacial score (nSPS) is 11.5. The van der Waals surface area contributed by atoms with E-state index in [1.165, 1.54) is 12.1 Å². The zero-order valence-electron chi connectivity index (χ0n) is 7.62. The molecule has 80 valence electrons. The second kappa shape index (κ2) is 3.45. The summed E-state index contributed by atoms with van der Waals surface area (Å²) in [4.78, 5) is 0. The van der Waals surface area contributed by atoms with Crippen LogP contribution in [-0.2, 0) is 6.54 Å². The molecule has 2 rings (SSSR count). The van der Waals surface area contributed by atoms with E-state index in [1.54, 1.807) is 6.07 Å². The number of anilines is 1. The van der Waals surface area contributed by atoms with Crippen molar-refractivity contribution in [3.8, 4) is 0 Å². The molecule has 0 aliphatic rings. The Hall–Kier alpha value is -1.72. The topological polar surface area (TPSA) is 43.8 Å². The van der Waals surface area contributed by atoms with Crippen LogP contribution in [0, 0.1) is 5.95 Å². The number of nitrogens with two attached hydrogens (primary N) is 1. The minimum atomic E-state index is -2.58. The molecule has 0 radical (unpaired) electrons. The van der Waals surface area contributed by atoms with Crippen LogP contribution in [0.25, 0.3) is 10.9 Å². The molecule has 0 saturated heterocycles. The number of nitrogen functional groups attached to an aromatic ring is 1. The Morgan fingerprint density at radius 1 is 1.40 bits per heavy atom. The molecule has 15 heavy (non-hydrogen) atoms. The molecule has 2 aromatic rings. The van der Waals surface area contributed by atoms with E-state index in [9.17, 15) is 13.2 Å². The van der Waals surface area contributed by atoms with E-state index in [2.05, 4.69) is 5.10 Å². The van der Waals surface area contributed by atoms with E-state index in [4.69, 9.17) is 5.73 Å². The summed E-state index contributed by atoms with van der Waals surface area (Å²) in [7, 11) is 0. The molecule has 0 unspecified atom stereocenters. The minimum Gasteiger partial charge on any atom is -0.398 e. The van der Waals surface area contributed by atoms with Crippen LogP contribution in [0.15, 0.2) is 18.2 Å². The molecular weight excluding hydrogens is 207 g/mol. The molecule has 1 aromatic carbocycles. The quantitative estimate of drug-likeness (QED) is 0.779. The van der Waals surface area contributed by atoms with Gasteiger partial charge in [0.15, 0.2) is 0 Å². The average molecular weight is 215 g/mol. The summed E-state index contributed by atoms with van der Waals surface area (Å²) in [5, 5.41) is 3.48. The van der Waals surface area contributed by atoms with Crippen molar-refractivity contribution in [1.82, 2.24) is 9.78 Å². The smallest absolute Gasteiger partial charge is 0.257 e. The number of rotatable bonds is 2. The van der Waals surface area contributed by atoms with Gasteiger partial charge in [-0.15, -0.1) is 5.10 Å². The van der Waals surface area contributed by atoms with Crippen molar-refractivity contribution in [3.63, 3.8) is 0 Å². The lowest BCUT2D eigenvalue weighted by molar-refractivity contribution is 0.123. The molecule has 0 fully saturated rings. The Morgan fingerprint density at radius 2 is 2.13 bits per heavy atom. The first-order valence-electron chi connectivity index (χ1n) is 4.28. The van der Waals surface area contributed by atoms with Crippen LogP contribution in [0.2, 0.25) is 0 Å². The molecule has 2 N–H and O–H groups in total. The van der Waals surface area contributed by atoms with E-state index >= 15 is 0 Å². The standard InChI is InChI=1S/C9H8F3N3/c10-7(11)4-15-6-3-1-2-5(13)8(6)9(12)14-15/h1-3,7H,4,13H2. The Kier molecular flexibility index (Phi) is 2.26. The van der Waals surface area contributed by atoms with Crippen molar-refractivity contribution in [2.45, 2.75) is 13.0 Å². The van der Waals surface area contributed by atoms with E-state index in [0.717, 1.165) is 4.68 Å². The molecule has 6 heteroatoms. The van der Waals surface area contributed by atoms with Gasteiger partial charge >= 0.3 is 0 Å². The first kappa shape index (κ1) is 9.82. The fourth-order valence-electron chi connectivity index (χ4n) is 1.48. The van der Waals surface area contributed by atoms with Gasteiger partial charge in [0.1, 0.15) is 6.54 Å². The number of hydrogen-bond acceptors (Lipinski definition) is 2. The predicted molar refractivity (Wildman–Crippen MR) is 50.1 cm³/mol. The largest absolute Gasteiger partial charge is 0.398 e. The van der Waals surface area contributed by atoms with E-state index in [0.29, 0.717) is 0 Å². The third-order valence-electron chi connectivity index (χ3n) is 2.08. The predicted octanol–water partition coefficient (Wildman–Crippen LogP) is 2.02. The van der Waals surface area contributed by atoms with Crippen LogP contribution in [0.5, 0.6) is 0 Å². The van der Waals surface area contributed by atoms with Crippen molar-refractivity contribution in [2.24, 2.45) is 0 Å². The highest BCUT2D eigenvalue weighted by atomic mass is 19.3. The van der Waals surface area contributed by atoms with Crippen molar-refractivity contribution in [1.29, 1.82) is 0 Å². The third kappa shape index (κ3) is 1.62. The highest BCUT2D eigenvalue weighted by Crippen LogP contribution is 2.23. The number of aromatic nitrogens is 2. The highest BCUT2D eigenvalue weighted by molar-refractivity contribution is 5.90. The zero-order valence-corrected chi connectivity index (χ0v) is 7.62. The van der Waals surface area contributed by atoms with Crippen molar-refractivity contribution >= 4 is 16.6 Å². The molecule has 0 bridgehead atoms. The summed E-state index contributed by atoms with van der Waals surface area (Å²) >= 11 is 0. The second-order valence-electron chi connectivity index (χ2n) is 3.11. The van der Waals surface area contributed by atoms with Crippen LogP contribution in [-0.4, -0.2) is 16.2 Å². The van der Waals surface area contributed by atoms with E-state index in [-0.39, 0.29) is 16.6 Å². The molecule has 0 saturated carbocycles. The lowest BCUT2D eigenvalue weighted by Crippen LogP contribution is -2.07. The molecule has 1 aromatic heterocycles. The maximum Gasteiger partial charge on any atom is 0.257 e. The van der Waals surface area contributed by atoms with Gasteiger partial charge in [-0.05, 0) is 12.1 Å². The van der Waals surface area contributed by atoms with Crippen LogP contribution >= 0.6 is 0 Å². The van der Waals surface area contributed by atoms with E-state index in [1.807, 2.05) is 0 Å². The fourth-order valence-corrected chi connectivity index (χ4v) is 1.48. The number of fused-ring (bicyclic) bond motifs is 1. The van der Waals surface area contributed by atoms with Gasteiger partial charge in [0.25, 0.3) is 6.43 Å². The molecule has 3 nitrogen and oxygen atoms in total. The lowest BCUT2D eigenvalue weighted by Gasteiger charge is -2.01. The van der Waals surface area contributed by atoms with Crippen molar-refractivity contribution < 1.29 is 13.2 Å². The molecule has 1 heterocycles. The Bertz CT molecular complexity index is 493. The molecule has 0 aliphatic carbocycles. The van der Waals surface area contributed by atoms with Gasteiger partial charge in [0, 0.05) is 5.69 Å². The molecular formula is C9H8F3N3. The first-order chi connectivity index (χ1) is 7.09. The number of hydrogen-bond donors (Lipinski definition) is 1. The van der Waals surface area contributed by atoms with Crippen molar-refractivity contribution in [3.05, 3.63) is 24.1 Å². The maximum atomic E-state index is 13.3. The lowest BCUT2D eigenvalue weighted by atomic mass is 10.2. The summed E-state index contributed by atoms with van der Waals surface area (Å²) in [5.74, 6) is -0.816. The minimum absolute atomic E-state index is 0.0955. The molecule has 0 spiro atoms. The summed E-state index contributed by atoms with van der Waals surface area (Å²) in [6.45, 7) is -0.635. The maximum absolute atomic E-state index is 13.3.